The summed E-state index contributed by atoms with van der Waals surface area (Å²) in [6.45, 7) is 0.649. The van der Waals surface area contributed by atoms with Gasteiger partial charge in [0.15, 0.2) is 23.0 Å². The number of alkyl halides is 1. The number of fused-ring (bicyclic) bond motifs is 1. The minimum absolute atomic E-state index is 0.279. The third kappa shape index (κ3) is 5.82. The van der Waals surface area contributed by atoms with Gasteiger partial charge in [0, 0.05) is 17.4 Å². The SMILES string of the molecule is COc1ccc(COc2ccc([C@@H]3[C@H](C(=O)O)c4cc(OC)c(OC)cc4C(=O)N3CCCBr)cc2OC)cc1. The maximum atomic E-state index is 13.8. The van der Waals surface area contributed by atoms with Crippen molar-refractivity contribution in [2.45, 2.75) is 25.0 Å². The molecule has 1 aliphatic heterocycles. The highest BCUT2D eigenvalue weighted by Gasteiger charge is 2.45. The summed E-state index contributed by atoms with van der Waals surface area (Å²) in [5.41, 5.74) is 2.21. The van der Waals surface area contributed by atoms with Crippen LogP contribution in [0.15, 0.2) is 54.6 Å². The fourth-order valence-electron chi connectivity index (χ4n) is 4.95. The van der Waals surface area contributed by atoms with Crippen LogP contribution in [0.5, 0.6) is 28.7 Å². The van der Waals surface area contributed by atoms with E-state index in [1.165, 1.54) is 21.3 Å². The molecule has 40 heavy (non-hydrogen) atoms. The van der Waals surface area contributed by atoms with Gasteiger partial charge in [-0.15, -0.1) is 0 Å². The third-order valence-corrected chi connectivity index (χ3v) is 7.48. The molecule has 1 heterocycles. The van der Waals surface area contributed by atoms with E-state index >= 15 is 0 Å². The van der Waals surface area contributed by atoms with Crippen molar-refractivity contribution in [2.24, 2.45) is 0 Å². The molecule has 1 amide bonds. The van der Waals surface area contributed by atoms with Crippen molar-refractivity contribution in [1.82, 2.24) is 4.90 Å². The van der Waals surface area contributed by atoms with Gasteiger partial charge in [0.25, 0.3) is 5.91 Å². The summed E-state index contributed by atoms with van der Waals surface area (Å²) in [4.78, 5) is 28.3. The lowest BCUT2D eigenvalue weighted by Crippen LogP contribution is -2.45. The monoisotopic (exact) mass is 613 g/mol. The lowest BCUT2D eigenvalue weighted by atomic mass is 9.79. The second-order valence-electron chi connectivity index (χ2n) is 9.14. The zero-order valence-corrected chi connectivity index (χ0v) is 24.4. The summed E-state index contributed by atoms with van der Waals surface area (Å²) in [5, 5.41) is 11.1. The van der Waals surface area contributed by atoms with Crippen molar-refractivity contribution in [2.75, 3.05) is 40.3 Å². The van der Waals surface area contributed by atoms with Crippen molar-refractivity contribution < 1.29 is 38.4 Å². The van der Waals surface area contributed by atoms with Crippen molar-refractivity contribution in [3.05, 3.63) is 76.9 Å². The highest BCUT2D eigenvalue weighted by molar-refractivity contribution is 9.09. The lowest BCUT2D eigenvalue weighted by Gasteiger charge is -2.41. The molecule has 0 saturated carbocycles. The molecule has 3 aromatic rings. The number of carboxylic acids is 1. The molecule has 212 valence electrons. The van der Waals surface area contributed by atoms with Gasteiger partial charge in [-0.3, -0.25) is 9.59 Å². The second kappa shape index (κ2) is 13.0. The Morgan fingerprint density at radius 2 is 1.52 bits per heavy atom. The van der Waals surface area contributed by atoms with E-state index in [0.717, 1.165) is 11.3 Å². The Labute approximate surface area is 241 Å². The topological polar surface area (TPSA) is 104 Å². The lowest BCUT2D eigenvalue weighted by molar-refractivity contribution is -0.140. The molecule has 4 rings (SSSR count). The molecule has 0 bridgehead atoms. The van der Waals surface area contributed by atoms with Crippen molar-refractivity contribution in [3.8, 4) is 28.7 Å². The fraction of sp³-hybridized carbons (Fsp3) is 0.333. The Kier molecular flexibility index (Phi) is 9.42. The molecule has 0 unspecified atom stereocenters. The van der Waals surface area contributed by atoms with E-state index in [9.17, 15) is 14.7 Å². The largest absolute Gasteiger partial charge is 0.497 e. The Bertz CT molecular complexity index is 1360. The van der Waals surface area contributed by atoms with E-state index in [1.807, 2.05) is 24.3 Å². The number of hydrogen-bond acceptors (Lipinski definition) is 7. The van der Waals surface area contributed by atoms with Crippen LogP contribution in [-0.2, 0) is 11.4 Å². The van der Waals surface area contributed by atoms with Crippen molar-refractivity contribution in [1.29, 1.82) is 0 Å². The molecule has 3 aromatic carbocycles. The Hall–Kier alpha value is -3.92. The number of halogens is 1. The van der Waals surface area contributed by atoms with Gasteiger partial charge in [-0.05, 0) is 59.5 Å². The predicted octanol–water partition coefficient (Wildman–Crippen LogP) is 5.45. The van der Waals surface area contributed by atoms with Crippen molar-refractivity contribution >= 4 is 27.8 Å². The number of carbonyl (C=O) groups is 2. The van der Waals surface area contributed by atoms with Crippen LogP contribution in [0.2, 0.25) is 0 Å². The average Bonchev–Trinajstić information content (AvgIpc) is 2.98. The summed E-state index contributed by atoms with van der Waals surface area (Å²) in [5.74, 6) is -0.00487. The van der Waals surface area contributed by atoms with Gasteiger partial charge in [0.05, 0.1) is 34.5 Å². The molecule has 0 fully saturated rings. The normalized spacial score (nSPS) is 16.2. The Balaban J connectivity index is 1.75. The molecular weight excluding hydrogens is 582 g/mol. The maximum Gasteiger partial charge on any atom is 0.313 e. The number of methoxy groups -OCH3 is 4. The van der Waals surface area contributed by atoms with Crippen LogP contribution in [0.4, 0.5) is 0 Å². The number of hydrogen-bond donors (Lipinski definition) is 1. The van der Waals surface area contributed by atoms with E-state index in [0.29, 0.717) is 59.0 Å². The first-order valence-corrected chi connectivity index (χ1v) is 13.8. The third-order valence-electron chi connectivity index (χ3n) is 6.91. The standard InChI is InChI=1S/C30H32BrNO8/c1-36-20-9-6-18(7-10-20)17-40-23-11-8-19(14-24(23)37-2)28-27(30(34)35)21-15-25(38-3)26(39-4)16-22(21)29(33)32(28)13-5-12-31/h6-11,14-16,27-28H,5,12-13,17H2,1-4H3,(H,34,35)/t27-,28-/m1/s1. The summed E-state index contributed by atoms with van der Waals surface area (Å²) >= 11 is 3.43. The van der Waals surface area contributed by atoms with E-state index in [4.69, 9.17) is 23.7 Å². The van der Waals surface area contributed by atoms with E-state index in [2.05, 4.69) is 15.9 Å². The number of amides is 1. The van der Waals surface area contributed by atoms with Gasteiger partial charge in [0.2, 0.25) is 0 Å². The maximum absolute atomic E-state index is 13.8. The van der Waals surface area contributed by atoms with Crippen LogP contribution in [-0.4, -0.2) is 62.2 Å². The molecule has 2 atom stereocenters. The number of benzene rings is 3. The molecule has 1 N–H and O–H groups in total. The molecule has 0 saturated heterocycles. The molecule has 10 heteroatoms. The number of nitrogens with zero attached hydrogens (tertiary/aromatic N) is 1. The van der Waals surface area contributed by atoms with Crippen LogP contribution >= 0.6 is 15.9 Å². The summed E-state index contributed by atoms with van der Waals surface area (Å²) in [6.07, 6.45) is 0.636. The number of rotatable bonds is 12. The first kappa shape index (κ1) is 29.1. The van der Waals surface area contributed by atoms with Gasteiger partial charge in [-0.2, -0.15) is 0 Å². The number of carbonyl (C=O) groups excluding carboxylic acids is 1. The summed E-state index contributed by atoms with van der Waals surface area (Å²) < 4.78 is 27.7. The minimum atomic E-state index is -1.06. The van der Waals surface area contributed by atoms with Crippen LogP contribution in [0.1, 0.15) is 45.4 Å². The second-order valence-corrected chi connectivity index (χ2v) is 9.94. The van der Waals surface area contributed by atoms with Gasteiger partial charge < -0.3 is 33.7 Å². The zero-order valence-electron chi connectivity index (χ0n) is 22.8. The molecule has 0 aliphatic carbocycles. The molecule has 0 spiro atoms. The Morgan fingerprint density at radius 1 is 0.875 bits per heavy atom. The molecule has 0 radical (unpaired) electrons. The quantitative estimate of drug-likeness (QED) is 0.269. The van der Waals surface area contributed by atoms with Gasteiger partial charge >= 0.3 is 5.97 Å². The summed E-state index contributed by atoms with van der Waals surface area (Å²) in [7, 11) is 6.08. The molecule has 1 aliphatic rings. The van der Waals surface area contributed by atoms with E-state index in [1.54, 1.807) is 42.3 Å². The molecular formula is C30H32BrNO8. The molecule has 9 nitrogen and oxygen atoms in total. The van der Waals surface area contributed by atoms with Crippen LogP contribution in [0.3, 0.4) is 0 Å². The highest BCUT2D eigenvalue weighted by atomic mass is 79.9. The van der Waals surface area contributed by atoms with Crippen molar-refractivity contribution in [3.63, 3.8) is 0 Å². The van der Waals surface area contributed by atoms with Gasteiger partial charge in [-0.1, -0.05) is 34.1 Å². The zero-order chi connectivity index (χ0) is 28.8. The number of ether oxygens (including phenoxy) is 5. The fourth-order valence-corrected chi connectivity index (χ4v) is 5.20. The summed E-state index contributed by atoms with van der Waals surface area (Å²) in [6, 6.07) is 15.2. The first-order valence-electron chi connectivity index (χ1n) is 12.7. The molecule has 0 aromatic heterocycles. The van der Waals surface area contributed by atoms with Gasteiger partial charge in [-0.25, -0.2) is 0 Å². The smallest absolute Gasteiger partial charge is 0.313 e. The van der Waals surface area contributed by atoms with Crippen LogP contribution in [0, 0.1) is 0 Å². The average molecular weight is 614 g/mol. The van der Waals surface area contributed by atoms with Gasteiger partial charge in [0.1, 0.15) is 18.3 Å². The predicted molar refractivity (Wildman–Crippen MR) is 152 cm³/mol. The van der Waals surface area contributed by atoms with E-state index in [-0.39, 0.29) is 11.5 Å². The minimum Gasteiger partial charge on any atom is -0.497 e. The van der Waals surface area contributed by atoms with E-state index < -0.39 is 17.9 Å². The first-order chi connectivity index (χ1) is 19.4. The highest BCUT2D eigenvalue weighted by Crippen LogP contribution is 2.47. The van der Waals surface area contributed by atoms with Crippen LogP contribution in [0.25, 0.3) is 0 Å². The van der Waals surface area contributed by atoms with Crippen LogP contribution < -0.4 is 23.7 Å². The number of carboxylic acid groups (broad SMARTS) is 1. The Morgan fingerprint density at radius 3 is 2.12 bits per heavy atom. The number of aliphatic carboxylic acids is 1.